The van der Waals surface area contributed by atoms with Gasteiger partial charge in [-0.05, 0) is 45.4 Å². The first-order valence-electron chi connectivity index (χ1n) is 7.61. The topological polar surface area (TPSA) is 0 Å². The predicted molar refractivity (Wildman–Crippen MR) is 80.4 cm³/mol. The lowest BCUT2D eigenvalue weighted by Gasteiger charge is -1.99. The van der Waals surface area contributed by atoms with Crippen molar-refractivity contribution in [2.45, 2.75) is 85.0 Å². The van der Waals surface area contributed by atoms with Gasteiger partial charge in [0, 0.05) is 0 Å². The molecule has 0 rings (SSSR count). The zero-order chi connectivity index (χ0) is 12.8. The molecule has 100 valence electrons. The van der Waals surface area contributed by atoms with Crippen LogP contribution >= 0.6 is 0 Å². The van der Waals surface area contributed by atoms with Crippen molar-refractivity contribution in [3.8, 4) is 0 Å². The average molecular weight is 236 g/mol. The van der Waals surface area contributed by atoms with Crippen LogP contribution in [-0.2, 0) is 0 Å². The van der Waals surface area contributed by atoms with Crippen LogP contribution in [0.1, 0.15) is 85.0 Å². The molecule has 0 nitrogen and oxygen atoms in total. The molecule has 0 heterocycles. The van der Waals surface area contributed by atoms with Crippen molar-refractivity contribution in [2.24, 2.45) is 0 Å². The van der Waals surface area contributed by atoms with Gasteiger partial charge in [0.15, 0.2) is 0 Å². The Labute approximate surface area is 109 Å². The van der Waals surface area contributed by atoms with Gasteiger partial charge in [-0.3, -0.25) is 0 Å². The standard InChI is InChI=1S/C17H32/c1-4-6-8-10-11-12-14-16-17(3)15-13-9-7-5-2/h11-12,15H,4-10,13-14,16H2,1-3H3/b12-11-,17-15-. The zero-order valence-electron chi connectivity index (χ0n) is 12.3. The van der Waals surface area contributed by atoms with E-state index in [1.54, 1.807) is 5.57 Å². The van der Waals surface area contributed by atoms with Crippen LogP contribution in [0.25, 0.3) is 0 Å². The number of rotatable bonds is 11. The lowest BCUT2D eigenvalue weighted by molar-refractivity contribution is 0.724. The molecule has 0 aromatic rings. The van der Waals surface area contributed by atoms with Gasteiger partial charge < -0.3 is 0 Å². The SMILES string of the molecule is CCCCC/C=C\CC/C(C)=C\CCCCC. The van der Waals surface area contributed by atoms with Gasteiger partial charge in [0.05, 0.1) is 0 Å². The zero-order valence-corrected chi connectivity index (χ0v) is 12.3. The first-order chi connectivity index (χ1) is 8.31. The maximum Gasteiger partial charge on any atom is -0.0288 e. The minimum absolute atomic E-state index is 1.22. The molecular formula is C17H32. The normalized spacial score (nSPS) is 12.5. The molecule has 0 aliphatic carbocycles. The highest BCUT2D eigenvalue weighted by atomic mass is 14.0. The van der Waals surface area contributed by atoms with Gasteiger partial charge in [0.2, 0.25) is 0 Å². The van der Waals surface area contributed by atoms with Crippen LogP contribution in [0.2, 0.25) is 0 Å². The molecule has 0 fully saturated rings. The molecule has 17 heavy (non-hydrogen) atoms. The summed E-state index contributed by atoms with van der Waals surface area (Å²) in [5.74, 6) is 0. The van der Waals surface area contributed by atoms with Crippen LogP contribution in [-0.4, -0.2) is 0 Å². The van der Waals surface area contributed by atoms with Gasteiger partial charge in [-0.2, -0.15) is 0 Å². The van der Waals surface area contributed by atoms with Gasteiger partial charge in [0.1, 0.15) is 0 Å². The summed E-state index contributed by atoms with van der Waals surface area (Å²) in [6, 6.07) is 0. The molecule has 0 unspecified atom stereocenters. The highest BCUT2D eigenvalue weighted by Crippen LogP contribution is 2.09. The average Bonchev–Trinajstić information content (AvgIpc) is 2.33. The third-order valence-electron chi connectivity index (χ3n) is 3.15. The number of hydrogen-bond donors (Lipinski definition) is 0. The molecule has 0 saturated heterocycles. The van der Waals surface area contributed by atoms with Crippen LogP contribution in [0, 0.1) is 0 Å². The Morgan fingerprint density at radius 3 is 2.00 bits per heavy atom. The van der Waals surface area contributed by atoms with Crippen molar-refractivity contribution in [3.63, 3.8) is 0 Å². The minimum atomic E-state index is 1.22. The summed E-state index contributed by atoms with van der Waals surface area (Å²) < 4.78 is 0. The third-order valence-corrected chi connectivity index (χ3v) is 3.15. The fraction of sp³-hybridized carbons (Fsp3) is 0.765. The number of unbranched alkanes of at least 4 members (excludes halogenated alkanes) is 6. The number of allylic oxidation sites excluding steroid dienone is 4. The van der Waals surface area contributed by atoms with E-state index in [0.29, 0.717) is 0 Å². The van der Waals surface area contributed by atoms with E-state index < -0.39 is 0 Å². The van der Waals surface area contributed by atoms with E-state index in [1.807, 2.05) is 0 Å². The Morgan fingerprint density at radius 2 is 1.35 bits per heavy atom. The lowest BCUT2D eigenvalue weighted by atomic mass is 10.1. The Kier molecular flexibility index (Phi) is 13.1. The summed E-state index contributed by atoms with van der Waals surface area (Å²) in [5, 5.41) is 0. The summed E-state index contributed by atoms with van der Waals surface area (Å²) in [5.41, 5.74) is 1.57. The molecule has 0 N–H and O–H groups in total. The summed E-state index contributed by atoms with van der Waals surface area (Å²) in [4.78, 5) is 0. The molecule has 0 atom stereocenters. The summed E-state index contributed by atoms with van der Waals surface area (Å²) in [6.45, 7) is 6.80. The second kappa shape index (κ2) is 13.5. The van der Waals surface area contributed by atoms with Gasteiger partial charge in [-0.15, -0.1) is 0 Å². The van der Waals surface area contributed by atoms with Crippen molar-refractivity contribution >= 4 is 0 Å². The molecule has 0 spiro atoms. The first kappa shape index (κ1) is 16.5. The van der Waals surface area contributed by atoms with Crippen LogP contribution in [0.3, 0.4) is 0 Å². The third kappa shape index (κ3) is 13.4. The van der Waals surface area contributed by atoms with Crippen molar-refractivity contribution in [1.29, 1.82) is 0 Å². The van der Waals surface area contributed by atoms with E-state index in [2.05, 4.69) is 39.0 Å². The Bertz CT molecular complexity index is 198. The van der Waals surface area contributed by atoms with Crippen LogP contribution in [0.15, 0.2) is 23.8 Å². The van der Waals surface area contributed by atoms with Crippen molar-refractivity contribution in [1.82, 2.24) is 0 Å². The molecule has 0 aliphatic rings. The van der Waals surface area contributed by atoms with Gasteiger partial charge in [-0.1, -0.05) is 63.3 Å². The van der Waals surface area contributed by atoms with E-state index in [9.17, 15) is 0 Å². The molecule has 0 amide bonds. The van der Waals surface area contributed by atoms with E-state index in [-0.39, 0.29) is 0 Å². The van der Waals surface area contributed by atoms with Gasteiger partial charge in [0.25, 0.3) is 0 Å². The monoisotopic (exact) mass is 236 g/mol. The van der Waals surface area contributed by atoms with Gasteiger partial charge >= 0.3 is 0 Å². The highest BCUT2D eigenvalue weighted by molar-refractivity contribution is 4.99. The lowest BCUT2D eigenvalue weighted by Crippen LogP contribution is -1.78. The van der Waals surface area contributed by atoms with E-state index >= 15 is 0 Å². The summed E-state index contributed by atoms with van der Waals surface area (Å²) >= 11 is 0. The predicted octanol–water partition coefficient (Wildman–Crippen LogP) is 6.43. The highest BCUT2D eigenvalue weighted by Gasteiger charge is 1.89. The Morgan fingerprint density at radius 1 is 0.765 bits per heavy atom. The number of hydrogen-bond acceptors (Lipinski definition) is 0. The maximum atomic E-state index is 2.43. The smallest absolute Gasteiger partial charge is 0.0288 e. The Hall–Kier alpha value is -0.520. The van der Waals surface area contributed by atoms with E-state index in [0.717, 1.165) is 0 Å². The minimum Gasteiger partial charge on any atom is -0.0885 e. The van der Waals surface area contributed by atoms with Crippen molar-refractivity contribution in [2.75, 3.05) is 0 Å². The fourth-order valence-electron chi connectivity index (χ4n) is 1.90. The van der Waals surface area contributed by atoms with E-state index in [1.165, 1.54) is 64.2 Å². The Balaban J connectivity index is 3.39. The molecular weight excluding hydrogens is 204 g/mol. The molecule has 0 saturated carbocycles. The fourth-order valence-corrected chi connectivity index (χ4v) is 1.90. The molecule has 0 aromatic heterocycles. The van der Waals surface area contributed by atoms with Crippen molar-refractivity contribution in [3.05, 3.63) is 23.8 Å². The molecule has 0 heteroatoms. The summed E-state index contributed by atoms with van der Waals surface area (Å²) in [6.07, 6.45) is 20.3. The van der Waals surface area contributed by atoms with Gasteiger partial charge in [-0.25, -0.2) is 0 Å². The maximum absolute atomic E-state index is 2.43. The molecule has 0 aromatic carbocycles. The quantitative estimate of drug-likeness (QED) is 0.286. The van der Waals surface area contributed by atoms with Crippen LogP contribution < -0.4 is 0 Å². The molecule has 0 aliphatic heterocycles. The molecule has 0 bridgehead atoms. The van der Waals surface area contributed by atoms with Crippen LogP contribution in [0.4, 0.5) is 0 Å². The largest absolute Gasteiger partial charge is 0.0885 e. The van der Waals surface area contributed by atoms with Crippen LogP contribution in [0.5, 0.6) is 0 Å². The van der Waals surface area contributed by atoms with Crippen molar-refractivity contribution < 1.29 is 0 Å². The summed E-state index contributed by atoms with van der Waals surface area (Å²) in [7, 11) is 0. The molecule has 0 radical (unpaired) electrons. The second-order valence-corrected chi connectivity index (χ2v) is 5.05. The van der Waals surface area contributed by atoms with E-state index in [4.69, 9.17) is 0 Å². The first-order valence-corrected chi connectivity index (χ1v) is 7.61. The second-order valence-electron chi connectivity index (χ2n) is 5.05.